The number of aliphatic hydroxyl groups is 1. The summed E-state index contributed by atoms with van der Waals surface area (Å²) in [7, 11) is 4.09. The van der Waals surface area contributed by atoms with Gasteiger partial charge < -0.3 is 15.3 Å². The van der Waals surface area contributed by atoms with Crippen LogP contribution in [-0.4, -0.2) is 43.7 Å². The average Bonchev–Trinajstić information content (AvgIpc) is 2.38. The smallest absolute Gasteiger partial charge is 0.0991 e. The Bertz CT molecular complexity index is 381. The van der Waals surface area contributed by atoms with E-state index in [1.807, 2.05) is 14.1 Å². The van der Waals surface area contributed by atoms with Crippen molar-refractivity contribution in [2.75, 3.05) is 33.7 Å². The van der Waals surface area contributed by atoms with Gasteiger partial charge in [-0.25, -0.2) is 0 Å². The maximum Gasteiger partial charge on any atom is 0.0991 e. The predicted octanol–water partition coefficient (Wildman–Crippen LogP) is 1.13. The molecule has 0 aliphatic carbocycles. The van der Waals surface area contributed by atoms with Gasteiger partial charge in [-0.1, -0.05) is 12.1 Å². The fourth-order valence-corrected chi connectivity index (χ4v) is 1.66. The van der Waals surface area contributed by atoms with E-state index in [1.54, 1.807) is 24.3 Å². The van der Waals surface area contributed by atoms with Crippen LogP contribution in [0, 0.1) is 11.3 Å². The summed E-state index contributed by atoms with van der Waals surface area (Å²) in [6.07, 6.45) is 0.546. The first-order chi connectivity index (χ1) is 8.63. The molecule has 1 aromatic rings. The van der Waals surface area contributed by atoms with E-state index in [-0.39, 0.29) is 0 Å². The van der Waals surface area contributed by atoms with Gasteiger partial charge in [-0.15, -0.1) is 0 Å². The number of nitriles is 1. The lowest BCUT2D eigenvalue weighted by Gasteiger charge is -2.13. The van der Waals surface area contributed by atoms with E-state index in [0.717, 1.165) is 25.1 Å². The summed E-state index contributed by atoms with van der Waals surface area (Å²) >= 11 is 0. The van der Waals surface area contributed by atoms with Crippen molar-refractivity contribution in [3.8, 4) is 6.07 Å². The van der Waals surface area contributed by atoms with Gasteiger partial charge in [-0.2, -0.15) is 5.26 Å². The van der Waals surface area contributed by atoms with Crippen molar-refractivity contribution in [2.45, 2.75) is 12.5 Å². The summed E-state index contributed by atoms with van der Waals surface area (Å²) in [6.45, 7) is 2.48. The molecule has 4 heteroatoms. The maximum atomic E-state index is 9.94. The van der Waals surface area contributed by atoms with Crippen LogP contribution in [0.25, 0.3) is 0 Å². The molecular weight excluding hydrogens is 226 g/mol. The normalized spacial score (nSPS) is 12.4. The van der Waals surface area contributed by atoms with Gasteiger partial charge in [0.15, 0.2) is 0 Å². The summed E-state index contributed by atoms with van der Waals surface area (Å²) in [4.78, 5) is 2.14. The Hall–Kier alpha value is -1.41. The fraction of sp³-hybridized carbons (Fsp3) is 0.500. The summed E-state index contributed by atoms with van der Waals surface area (Å²) in [6, 6.07) is 9.11. The van der Waals surface area contributed by atoms with Gasteiger partial charge in [0, 0.05) is 6.54 Å². The highest BCUT2D eigenvalue weighted by molar-refractivity contribution is 5.32. The summed E-state index contributed by atoms with van der Waals surface area (Å²) in [5.41, 5.74) is 1.46. The minimum atomic E-state index is -0.517. The summed E-state index contributed by atoms with van der Waals surface area (Å²) in [5.74, 6) is 0. The second-order valence-electron chi connectivity index (χ2n) is 4.61. The zero-order valence-corrected chi connectivity index (χ0v) is 11.1. The quantitative estimate of drug-likeness (QED) is 0.709. The Morgan fingerprint density at radius 2 is 2.00 bits per heavy atom. The van der Waals surface area contributed by atoms with Crippen molar-refractivity contribution in [1.82, 2.24) is 10.2 Å². The second kappa shape index (κ2) is 7.83. The number of rotatable bonds is 7. The van der Waals surface area contributed by atoms with Gasteiger partial charge in [-0.05, 0) is 51.3 Å². The second-order valence-corrected chi connectivity index (χ2v) is 4.61. The lowest BCUT2D eigenvalue weighted by atomic mass is 10.1. The Kier molecular flexibility index (Phi) is 6.37. The number of benzene rings is 1. The molecule has 1 unspecified atom stereocenters. The number of aliphatic hydroxyl groups excluding tert-OH is 1. The third-order valence-electron chi connectivity index (χ3n) is 2.72. The summed E-state index contributed by atoms with van der Waals surface area (Å²) < 4.78 is 0. The van der Waals surface area contributed by atoms with Gasteiger partial charge >= 0.3 is 0 Å². The third-order valence-corrected chi connectivity index (χ3v) is 2.72. The molecule has 0 saturated heterocycles. The number of hydrogen-bond donors (Lipinski definition) is 2. The number of nitrogens with zero attached hydrogens (tertiary/aromatic N) is 2. The van der Waals surface area contributed by atoms with Crippen molar-refractivity contribution in [1.29, 1.82) is 5.26 Å². The minimum absolute atomic E-state index is 0.517. The lowest BCUT2D eigenvalue weighted by molar-refractivity contribution is 0.174. The van der Waals surface area contributed by atoms with Crippen molar-refractivity contribution < 1.29 is 5.11 Å². The van der Waals surface area contributed by atoms with Crippen LogP contribution in [0.15, 0.2) is 24.3 Å². The van der Waals surface area contributed by atoms with Crippen LogP contribution in [0.3, 0.4) is 0 Å². The SMILES string of the molecule is CN(C)CCCNCC(O)c1ccc(C#N)cc1. The van der Waals surface area contributed by atoms with Gasteiger partial charge in [0.25, 0.3) is 0 Å². The van der Waals surface area contributed by atoms with E-state index in [1.165, 1.54) is 0 Å². The first-order valence-corrected chi connectivity index (χ1v) is 6.17. The zero-order valence-electron chi connectivity index (χ0n) is 11.1. The fourth-order valence-electron chi connectivity index (χ4n) is 1.66. The molecule has 1 atom stereocenters. The largest absolute Gasteiger partial charge is 0.387 e. The van der Waals surface area contributed by atoms with Crippen LogP contribution in [0.2, 0.25) is 0 Å². The molecule has 0 aromatic heterocycles. The van der Waals surface area contributed by atoms with Gasteiger partial charge in [0.1, 0.15) is 0 Å². The Morgan fingerprint density at radius 3 is 2.56 bits per heavy atom. The molecule has 0 aliphatic heterocycles. The monoisotopic (exact) mass is 247 g/mol. The van der Waals surface area contributed by atoms with Crippen molar-refractivity contribution in [3.05, 3.63) is 35.4 Å². The van der Waals surface area contributed by atoms with Crippen molar-refractivity contribution >= 4 is 0 Å². The van der Waals surface area contributed by atoms with Crippen molar-refractivity contribution in [3.63, 3.8) is 0 Å². The van der Waals surface area contributed by atoms with Crippen LogP contribution in [0.4, 0.5) is 0 Å². The Labute approximate surface area is 109 Å². The van der Waals surface area contributed by atoms with Crippen LogP contribution >= 0.6 is 0 Å². The van der Waals surface area contributed by atoms with E-state index in [4.69, 9.17) is 5.26 Å². The first kappa shape index (κ1) is 14.7. The van der Waals surface area contributed by atoms with Crippen LogP contribution in [0.1, 0.15) is 23.7 Å². The maximum absolute atomic E-state index is 9.94. The molecule has 18 heavy (non-hydrogen) atoms. The van der Waals surface area contributed by atoms with Crippen molar-refractivity contribution in [2.24, 2.45) is 0 Å². The van der Waals surface area contributed by atoms with Gasteiger partial charge in [0.2, 0.25) is 0 Å². The number of nitrogens with one attached hydrogen (secondary N) is 1. The molecular formula is C14H21N3O. The molecule has 1 aromatic carbocycles. The third kappa shape index (κ3) is 5.28. The standard InChI is InChI=1S/C14H21N3O/c1-17(2)9-3-8-16-11-14(18)13-6-4-12(10-15)5-7-13/h4-7,14,16,18H,3,8-9,11H2,1-2H3. The molecule has 0 heterocycles. The summed E-state index contributed by atoms with van der Waals surface area (Å²) in [5, 5.41) is 21.8. The molecule has 2 N–H and O–H groups in total. The molecule has 98 valence electrons. The van der Waals surface area contributed by atoms with E-state index in [2.05, 4.69) is 16.3 Å². The predicted molar refractivity (Wildman–Crippen MR) is 72.2 cm³/mol. The van der Waals surface area contributed by atoms with Gasteiger partial charge in [-0.3, -0.25) is 0 Å². The minimum Gasteiger partial charge on any atom is -0.387 e. The van der Waals surface area contributed by atoms with Crippen LogP contribution in [-0.2, 0) is 0 Å². The molecule has 0 saturated carbocycles. The van der Waals surface area contributed by atoms with Crippen LogP contribution < -0.4 is 5.32 Å². The van der Waals surface area contributed by atoms with Gasteiger partial charge in [0.05, 0.1) is 17.7 Å². The van der Waals surface area contributed by atoms with E-state index in [0.29, 0.717) is 12.1 Å². The highest BCUT2D eigenvalue weighted by Gasteiger charge is 2.06. The van der Waals surface area contributed by atoms with E-state index < -0.39 is 6.10 Å². The molecule has 0 bridgehead atoms. The zero-order chi connectivity index (χ0) is 13.4. The molecule has 0 spiro atoms. The molecule has 1 rings (SSSR count). The highest BCUT2D eigenvalue weighted by Crippen LogP contribution is 2.12. The Morgan fingerprint density at radius 1 is 1.33 bits per heavy atom. The first-order valence-electron chi connectivity index (χ1n) is 6.17. The van der Waals surface area contributed by atoms with E-state index >= 15 is 0 Å². The Balaban J connectivity index is 2.27. The number of hydrogen-bond acceptors (Lipinski definition) is 4. The molecule has 4 nitrogen and oxygen atoms in total. The lowest BCUT2D eigenvalue weighted by Crippen LogP contribution is -2.25. The molecule has 0 amide bonds. The topological polar surface area (TPSA) is 59.3 Å². The molecule has 0 fully saturated rings. The van der Waals surface area contributed by atoms with Crippen LogP contribution in [0.5, 0.6) is 0 Å². The van der Waals surface area contributed by atoms with E-state index in [9.17, 15) is 5.11 Å². The molecule has 0 radical (unpaired) electrons. The average molecular weight is 247 g/mol. The molecule has 0 aliphatic rings. The highest BCUT2D eigenvalue weighted by atomic mass is 16.3.